The number of aliphatic hydroxyl groups is 1. The van der Waals surface area contributed by atoms with Crippen molar-refractivity contribution in [1.82, 2.24) is 0 Å². The van der Waals surface area contributed by atoms with Crippen LogP contribution in [-0.2, 0) is 0 Å². The number of para-hydroxylation sites is 1. The Morgan fingerprint density at radius 2 is 2.20 bits per heavy atom. The van der Waals surface area contributed by atoms with Crippen LogP contribution in [0.4, 0.5) is 0 Å². The highest BCUT2D eigenvalue weighted by molar-refractivity contribution is 6.32. The van der Waals surface area contributed by atoms with Crippen molar-refractivity contribution in [3.8, 4) is 5.75 Å². The number of unbranched alkanes of at least 4 members (excludes halogenated alkanes) is 1. The molecule has 0 aliphatic carbocycles. The van der Waals surface area contributed by atoms with Gasteiger partial charge in [0.25, 0.3) is 0 Å². The summed E-state index contributed by atoms with van der Waals surface area (Å²) in [6.07, 6.45) is 1.51. The van der Waals surface area contributed by atoms with Crippen molar-refractivity contribution in [1.29, 1.82) is 0 Å². The molecule has 1 N–H and O–H groups in total. The highest BCUT2D eigenvalue weighted by Crippen LogP contribution is 2.32. The van der Waals surface area contributed by atoms with Crippen molar-refractivity contribution in [2.75, 3.05) is 6.61 Å². The van der Waals surface area contributed by atoms with Crippen molar-refractivity contribution < 1.29 is 9.84 Å². The molecule has 1 rings (SSSR count). The van der Waals surface area contributed by atoms with Gasteiger partial charge < -0.3 is 9.84 Å². The molecule has 0 radical (unpaired) electrons. The second kappa shape index (κ2) is 5.99. The SMILES string of the molecule is CCCCOc1c(Cl)cccc1C(C)O. The van der Waals surface area contributed by atoms with Crippen molar-refractivity contribution >= 4 is 11.6 Å². The Morgan fingerprint density at radius 1 is 1.47 bits per heavy atom. The summed E-state index contributed by atoms with van der Waals surface area (Å²) in [6.45, 7) is 4.45. The van der Waals surface area contributed by atoms with Crippen LogP contribution < -0.4 is 4.74 Å². The molecule has 0 bridgehead atoms. The molecule has 0 aromatic heterocycles. The summed E-state index contributed by atoms with van der Waals surface area (Å²) >= 11 is 6.02. The first-order valence-electron chi connectivity index (χ1n) is 5.26. The molecule has 0 saturated heterocycles. The van der Waals surface area contributed by atoms with Gasteiger partial charge in [0.05, 0.1) is 17.7 Å². The highest BCUT2D eigenvalue weighted by Gasteiger charge is 2.12. The van der Waals surface area contributed by atoms with Crippen molar-refractivity contribution in [2.24, 2.45) is 0 Å². The Bertz CT molecular complexity index is 310. The first-order chi connectivity index (χ1) is 7.16. The third-order valence-corrected chi connectivity index (χ3v) is 2.49. The molecule has 0 spiro atoms. The van der Waals surface area contributed by atoms with E-state index in [1.165, 1.54) is 0 Å². The van der Waals surface area contributed by atoms with Gasteiger partial charge in [0.15, 0.2) is 0 Å². The van der Waals surface area contributed by atoms with Gasteiger partial charge >= 0.3 is 0 Å². The molecule has 2 nitrogen and oxygen atoms in total. The largest absolute Gasteiger partial charge is 0.492 e. The second-order valence-electron chi connectivity index (χ2n) is 3.54. The van der Waals surface area contributed by atoms with Gasteiger partial charge in [-0.15, -0.1) is 0 Å². The second-order valence-corrected chi connectivity index (χ2v) is 3.94. The Kier molecular flexibility index (Phi) is 4.92. The molecular formula is C12H17ClO2. The van der Waals surface area contributed by atoms with Crippen LogP contribution in [0.5, 0.6) is 5.75 Å². The highest BCUT2D eigenvalue weighted by atomic mass is 35.5. The van der Waals surface area contributed by atoms with Gasteiger partial charge in [0, 0.05) is 5.56 Å². The van der Waals surface area contributed by atoms with Crippen LogP contribution in [0.1, 0.15) is 38.4 Å². The number of halogens is 1. The lowest BCUT2D eigenvalue weighted by Crippen LogP contribution is -2.02. The number of ether oxygens (including phenoxy) is 1. The molecule has 0 heterocycles. The van der Waals surface area contributed by atoms with E-state index in [0.29, 0.717) is 17.4 Å². The molecule has 84 valence electrons. The fourth-order valence-electron chi connectivity index (χ4n) is 1.33. The molecule has 0 aliphatic rings. The summed E-state index contributed by atoms with van der Waals surface area (Å²) in [5.41, 5.74) is 0.749. The Morgan fingerprint density at radius 3 is 2.80 bits per heavy atom. The number of rotatable bonds is 5. The van der Waals surface area contributed by atoms with E-state index in [-0.39, 0.29) is 0 Å². The molecule has 1 unspecified atom stereocenters. The summed E-state index contributed by atoms with van der Waals surface area (Å²) in [5, 5.41) is 10.1. The van der Waals surface area contributed by atoms with Crippen molar-refractivity contribution in [3.63, 3.8) is 0 Å². The van der Waals surface area contributed by atoms with Crippen molar-refractivity contribution in [3.05, 3.63) is 28.8 Å². The smallest absolute Gasteiger partial charge is 0.143 e. The summed E-state index contributed by atoms with van der Waals surface area (Å²) in [4.78, 5) is 0. The number of benzene rings is 1. The third-order valence-electron chi connectivity index (χ3n) is 2.19. The van der Waals surface area contributed by atoms with Gasteiger partial charge in [-0.05, 0) is 19.4 Å². The summed E-state index contributed by atoms with van der Waals surface area (Å²) in [5.74, 6) is 0.614. The molecular weight excluding hydrogens is 212 g/mol. The average Bonchev–Trinajstić information content (AvgIpc) is 2.20. The Balaban J connectivity index is 2.82. The van der Waals surface area contributed by atoms with E-state index < -0.39 is 6.10 Å². The molecule has 0 fully saturated rings. The first-order valence-corrected chi connectivity index (χ1v) is 5.64. The molecule has 0 amide bonds. The van der Waals surface area contributed by atoms with Crippen LogP contribution in [0.3, 0.4) is 0 Å². The lowest BCUT2D eigenvalue weighted by atomic mass is 10.1. The maximum absolute atomic E-state index is 9.55. The minimum Gasteiger partial charge on any atom is -0.492 e. The zero-order valence-corrected chi connectivity index (χ0v) is 9.92. The lowest BCUT2D eigenvalue weighted by Gasteiger charge is -2.14. The summed E-state index contributed by atoms with van der Waals surface area (Å²) < 4.78 is 5.58. The van der Waals surface area contributed by atoms with Crippen LogP contribution in [0, 0.1) is 0 Å². The van der Waals surface area contributed by atoms with Gasteiger partial charge in [0.2, 0.25) is 0 Å². The number of aliphatic hydroxyl groups excluding tert-OH is 1. The first kappa shape index (κ1) is 12.3. The predicted molar refractivity (Wildman–Crippen MR) is 62.5 cm³/mol. The quantitative estimate of drug-likeness (QED) is 0.781. The summed E-state index contributed by atoms with van der Waals surface area (Å²) in [7, 11) is 0. The third kappa shape index (κ3) is 3.40. The van der Waals surface area contributed by atoms with Gasteiger partial charge in [0.1, 0.15) is 5.75 Å². The van der Waals surface area contributed by atoms with E-state index in [0.717, 1.165) is 18.4 Å². The fraction of sp³-hybridized carbons (Fsp3) is 0.500. The lowest BCUT2D eigenvalue weighted by molar-refractivity contribution is 0.191. The number of hydrogen-bond acceptors (Lipinski definition) is 2. The molecule has 1 aromatic carbocycles. The van der Waals surface area contributed by atoms with E-state index in [2.05, 4.69) is 6.92 Å². The van der Waals surface area contributed by atoms with Crippen LogP contribution in [0.15, 0.2) is 18.2 Å². The zero-order chi connectivity index (χ0) is 11.3. The molecule has 0 aliphatic heterocycles. The van der Waals surface area contributed by atoms with Gasteiger partial charge in [-0.25, -0.2) is 0 Å². The molecule has 1 aromatic rings. The maximum atomic E-state index is 9.55. The Labute approximate surface area is 95.8 Å². The standard InChI is InChI=1S/C12H17ClO2/c1-3-4-8-15-12-10(9(2)14)6-5-7-11(12)13/h5-7,9,14H,3-4,8H2,1-2H3. The van der Waals surface area contributed by atoms with Crippen molar-refractivity contribution in [2.45, 2.75) is 32.8 Å². The van der Waals surface area contributed by atoms with Gasteiger partial charge in [-0.3, -0.25) is 0 Å². The van der Waals surface area contributed by atoms with Crippen LogP contribution >= 0.6 is 11.6 Å². The molecule has 0 saturated carbocycles. The monoisotopic (exact) mass is 228 g/mol. The summed E-state index contributed by atoms with van der Waals surface area (Å²) in [6, 6.07) is 5.42. The minimum atomic E-state index is -0.555. The van der Waals surface area contributed by atoms with E-state index in [4.69, 9.17) is 16.3 Å². The molecule has 3 heteroatoms. The van der Waals surface area contributed by atoms with E-state index >= 15 is 0 Å². The van der Waals surface area contributed by atoms with E-state index in [9.17, 15) is 5.11 Å². The Hall–Kier alpha value is -0.730. The van der Waals surface area contributed by atoms with Crippen LogP contribution in [-0.4, -0.2) is 11.7 Å². The van der Waals surface area contributed by atoms with Crippen LogP contribution in [0.2, 0.25) is 5.02 Å². The topological polar surface area (TPSA) is 29.5 Å². The fourth-order valence-corrected chi connectivity index (χ4v) is 1.56. The average molecular weight is 229 g/mol. The minimum absolute atomic E-state index is 0.555. The predicted octanol–water partition coefficient (Wildman–Crippen LogP) is 3.57. The molecule has 15 heavy (non-hydrogen) atoms. The number of hydrogen-bond donors (Lipinski definition) is 1. The maximum Gasteiger partial charge on any atom is 0.143 e. The molecule has 1 atom stereocenters. The van der Waals surface area contributed by atoms with Gasteiger partial charge in [-0.1, -0.05) is 37.1 Å². The van der Waals surface area contributed by atoms with Gasteiger partial charge in [-0.2, -0.15) is 0 Å². The van der Waals surface area contributed by atoms with E-state index in [1.807, 2.05) is 12.1 Å². The van der Waals surface area contributed by atoms with E-state index in [1.54, 1.807) is 13.0 Å². The van der Waals surface area contributed by atoms with Crippen LogP contribution in [0.25, 0.3) is 0 Å². The normalized spacial score (nSPS) is 12.5. The zero-order valence-electron chi connectivity index (χ0n) is 9.16.